The fourth-order valence-corrected chi connectivity index (χ4v) is 3.21. The quantitative estimate of drug-likeness (QED) is 0.896. The molecule has 0 saturated heterocycles. The Hall–Kier alpha value is -2.13. The van der Waals surface area contributed by atoms with Crippen LogP contribution in [0.3, 0.4) is 0 Å². The highest BCUT2D eigenvalue weighted by Crippen LogP contribution is 2.38. The zero-order valence-corrected chi connectivity index (χ0v) is 12.6. The van der Waals surface area contributed by atoms with Crippen molar-refractivity contribution in [2.75, 3.05) is 5.32 Å². The first-order chi connectivity index (χ1) is 10.7. The minimum Gasteiger partial charge on any atom is -0.385 e. The smallest absolute Gasteiger partial charge is 0.256 e. The summed E-state index contributed by atoms with van der Waals surface area (Å²) in [6.45, 7) is 0. The van der Waals surface area contributed by atoms with E-state index in [0.717, 1.165) is 43.4 Å². The Balaban J connectivity index is 1.89. The van der Waals surface area contributed by atoms with Crippen LogP contribution in [0.2, 0.25) is 0 Å². The van der Waals surface area contributed by atoms with E-state index in [0.29, 0.717) is 5.56 Å². The number of amides is 1. The average Bonchev–Trinajstić information content (AvgIpc) is 2.56. The van der Waals surface area contributed by atoms with E-state index >= 15 is 0 Å². The van der Waals surface area contributed by atoms with Gasteiger partial charge in [-0.25, -0.2) is 0 Å². The van der Waals surface area contributed by atoms with Crippen molar-refractivity contribution in [2.45, 2.75) is 37.7 Å². The molecule has 0 heterocycles. The van der Waals surface area contributed by atoms with Gasteiger partial charge in [0.25, 0.3) is 5.91 Å². The summed E-state index contributed by atoms with van der Waals surface area (Å²) in [5.41, 5.74) is 1.21. The van der Waals surface area contributed by atoms with Gasteiger partial charge in [0.2, 0.25) is 0 Å². The van der Waals surface area contributed by atoms with Gasteiger partial charge in [-0.2, -0.15) is 0 Å². The van der Waals surface area contributed by atoms with Gasteiger partial charge >= 0.3 is 0 Å². The fraction of sp³-hybridized carbons (Fsp3) is 0.316. The van der Waals surface area contributed by atoms with E-state index in [1.54, 1.807) is 6.07 Å². The Morgan fingerprint density at radius 1 is 0.909 bits per heavy atom. The molecular formula is C19H21NO2. The number of anilines is 1. The molecule has 0 unspecified atom stereocenters. The lowest BCUT2D eigenvalue weighted by molar-refractivity contribution is -0.00129. The maximum absolute atomic E-state index is 12.6. The normalized spacial score (nSPS) is 17.0. The minimum atomic E-state index is -0.872. The molecule has 114 valence electrons. The highest BCUT2D eigenvalue weighted by molar-refractivity contribution is 6.05. The maximum Gasteiger partial charge on any atom is 0.256 e. The summed E-state index contributed by atoms with van der Waals surface area (Å²) in [5.74, 6) is -0.166. The Bertz CT molecular complexity index is 645. The number of rotatable bonds is 3. The van der Waals surface area contributed by atoms with Crippen molar-refractivity contribution in [1.29, 1.82) is 0 Å². The summed E-state index contributed by atoms with van der Waals surface area (Å²) >= 11 is 0. The summed E-state index contributed by atoms with van der Waals surface area (Å²) in [6.07, 6.45) is 4.61. The lowest BCUT2D eigenvalue weighted by Crippen LogP contribution is -2.31. The summed E-state index contributed by atoms with van der Waals surface area (Å²) in [5, 5.41) is 13.9. The standard InChI is InChI=1S/C19H21NO2/c21-18(20-15-9-3-1-4-10-15)16-11-5-6-12-17(16)19(22)13-7-2-8-14-19/h1,3-6,9-12,22H,2,7-8,13-14H2,(H,20,21). The lowest BCUT2D eigenvalue weighted by atomic mass is 9.78. The second-order valence-corrected chi connectivity index (χ2v) is 5.96. The molecule has 22 heavy (non-hydrogen) atoms. The first-order valence-corrected chi connectivity index (χ1v) is 7.87. The van der Waals surface area contributed by atoms with Crippen LogP contribution in [0.1, 0.15) is 48.0 Å². The van der Waals surface area contributed by atoms with Crippen molar-refractivity contribution in [2.24, 2.45) is 0 Å². The third kappa shape index (κ3) is 3.04. The van der Waals surface area contributed by atoms with Crippen molar-refractivity contribution in [3.05, 3.63) is 65.7 Å². The van der Waals surface area contributed by atoms with Crippen LogP contribution in [-0.2, 0) is 5.60 Å². The van der Waals surface area contributed by atoms with Crippen molar-refractivity contribution >= 4 is 11.6 Å². The van der Waals surface area contributed by atoms with Crippen LogP contribution < -0.4 is 5.32 Å². The highest BCUT2D eigenvalue weighted by atomic mass is 16.3. The van der Waals surface area contributed by atoms with Crippen LogP contribution in [0, 0.1) is 0 Å². The van der Waals surface area contributed by atoms with Gasteiger partial charge in [-0.05, 0) is 36.6 Å². The fourth-order valence-electron chi connectivity index (χ4n) is 3.21. The van der Waals surface area contributed by atoms with Crippen LogP contribution in [0.5, 0.6) is 0 Å². The number of benzene rings is 2. The lowest BCUT2D eigenvalue weighted by Gasteiger charge is -2.33. The van der Waals surface area contributed by atoms with Gasteiger partial charge < -0.3 is 10.4 Å². The zero-order chi connectivity index (χ0) is 15.4. The van der Waals surface area contributed by atoms with Gasteiger partial charge in [-0.1, -0.05) is 55.7 Å². The average molecular weight is 295 g/mol. The van der Waals surface area contributed by atoms with Crippen molar-refractivity contribution in [3.63, 3.8) is 0 Å². The van der Waals surface area contributed by atoms with Gasteiger partial charge in [-0.3, -0.25) is 4.79 Å². The van der Waals surface area contributed by atoms with Crippen molar-refractivity contribution < 1.29 is 9.90 Å². The molecule has 1 aliphatic rings. The van der Waals surface area contributed by atoms with E-state index in [9.17, 15) is 9.90 Å². The Labute approximate surface area is 131 Å². The molecule has 0 aromatic heterocycles. The van der Waals surface area contributed by atoms with E-state index in [1.165, 1.54) is 0 Å². The molecule has 2 aromatic carbocycles. The number of aliphatic hydroxyl groups is 1. The Morgan fingerprint density at radius 3 is 2.27 bits per heavy atom. The van der Waals surface area contributed by atoms with Crippen LogP contribution in [0.25, 0.3) is 0 Å². The SMILES string of the molecule is O=C(Nc1ccccc1)c1ccccc1C1(O)CCCCC1. The largest absolute Gasteiger partial charge is 0.385 e. The summed E-state index contributed by atoms with van der Waals surface area (Å²) < 4.78 is 0. The predicted molar refractivity (Wildman–Crippen MR) is 87.8 cm³/mol. The van der Waals surface area contributed by atoms with E-state index in [-0.39, 0.29) is 5.91 Å². The molecule has 0 aliphatic heterocycles. The molecule has 0 atom stereocenters. The predicted octanol–water partition coefficient (Wildman–Crippen LogP) is 4.09. The van der Waals surface area contributed by atoms with E-state index in [1.807, 2.05) is 48.5 Å². The van der Waals surface area contributed by atoms with Gasteiger partial charge in [0.15, 0.2) is 0 Å². The first kappa shape index (κ1) is 14.8. The Morgan fingerprint density at radius 2 is 1.55 bits per heavy atom. The molecule has 0 radical (unpaired) electrons. The minimum absolute atomic E-state index is 0.166. The van der Waals surface area contributed by atoms with Gasteiger partial charge in [0, 0.05) is 11.3 Å². The van der Waals surface area contributed by atoms with Gasteiger partial charge in [0.1, 0.15) is 0 Å². The molecular weight excluding hydrogens is 274 g/mol. The van der Waals surface area contributed by atoms with E-state index in [2.05, 4.69) is 5.32 Å². The second-order valence-electron chi connectivity index (χ2n) is 5.96. The van der Waals surface area contributed by atoms with Crippen LogP contribution in [-0.4, -0.2) is 11.0 Å². The van der Waals surface area contributed by atoms with Crippen LogP contribution in [0.15, 0.2) is 54.6 Å². The first-order valence-electron chi connectivity index (χ1n) is 7.87. The monoisotopic (exact) mass is 295 g/mol. The number of nitrogens with one attached hydrogen (secondary N) is 1. The van der Waals surface area contributed by atoms with Crippen molar-refractivity contribution in [1.82, 2.24) is 0 Å². The maximum atomic E-state index is 12.6. The zero-order valence-electron chi connectivity index (χ0n) is 12.6. The number of hydrogen-bond donors (Lipinski definition) is 2. The van der Waals surface area contributed by atoms with E-state index in [4.69, 9.17) is 0 Å². The topological polar surface area (TPSA) is 49.3 Å². The van der Waals surface area contributed by atoms with Gasteiger partial charge in [-0.15, -0.1) is 0 Å². The van der Waals surface area contributed by atoms with Crippen LogP contribution in [0.4, 0.5) is 5.69 Å². The van der Waals surface area contributed by atoms with E-state index < -0.39 is 5.60 Å². The number of carbonyl (C=O) groups excluding carboxylic acids is 1. The highest BCUT2D eigenvalue weighted by Gasteiger charge is 2.34. The molecule has 3 heteroatoms. The Kier molecular flexibility index (Phi) is 4.25. The molecule has 1 saturated carbocycles. The third-order valence-corrected chi connectivity index (χ3v) is 4.39. The second kappa shape index (κ2) is 6.32. The number of para-hydroxylation sites is 1. The summed E-state index contributed by atoms with van der Waals surface area (Å²) in [4.78, 5) is 12.6. The molecule has 1 amide bonds. The summed E-state index contributed by atoms with van der Waals surface area (Å²) in [6, 6.07) is 16.8. The molecule has 3 nitrogen and oxygen atoms in total. The van der Waals surface area contributed by atoms with Crippen LogP contribution >= 0.6 is 0 Å². The summed E-state index contributed by atoms with van der Waals surface area (Å²) in [7, 11) is 0. The number of hydrogen-bond acceptors (Lipinski definition) is 2. The molecule has 2 aromatic rings. The molecule has 0 bridgehead atoms. The molecule has 3 rings (SSSR count). The third-order valence-electron chi connectivity index (χ3n) is 4.39. The molecule has 2 N–H and O–H groups in total. The molecule has 1 aliphatic carbocycles. The molecule has 0 spiro atoms. The number of carbonyl (C=O) groups is 1. The molecule has 1 fully saturated rings. The van der Waals surface area contributed by atoms with Gasteiger partial charge in [0.05, 0.1) is 5.60 Å². The van der Waals surface area contributed by atoms with Crippen molar-refractivity contribution in [3.8, 4) is 0 Å².